The number of aromatic nitrogens is 2. The van der Waals surface area contributed by atoms with E-state index in [1.54, 1.807) is 13.1 Å². The Kier molecular flexibility index (Phi) is 4.20. The maximum absolute atomic E-state index is 13.0. The lowest BCUT2D eigenvalue weighted by Gasteiger charge is -2.05. The molecule has 0 fully saturated rings. The highest BCUT2D eigenvalue weighted by Gasteiger charge is 2.12. The Labute approximate surface area is 98.3 Å². The summed E-state index contributed by atoms with van der Waals surface area (Å²) in [6.07, 6.45) is 3.09. The van der Waals surface area contributed by atoms with E-state index in [4.69, 9.17) is 0 Å². The van der Waals surface area contributed by atoms with Crippen LogP contribution < -0.4 is 0 Å². The Balaban J connectivity index is 0.000000686. The first-order chi connectivity index (χ1) is 8.08. The van der Waals surface area contributed by atoms with Crippen LogP contribution in [-0.2, 0) is 0 Å². The number of hydrogen-bond acceptors (Lipinski definition) is 2. The Morgan fingerprint density at radius 1 is 1.24 bits per heavy atom. The minimum Gasteiger partial charge on any atom is -0.503 e. The predicted molar refractivity (Wildman–Crippen MR) is 61.2 cm³/mol. The molecule has 5 heteroatoms. The van der Waals surface area contributed by atoms with E-state index in [1.807, 2.05) is 13.8 Å². The van der Waals surface area contributed by atoms with Crippen LogP contribution >= 0.6 is 0 Å². The average molecular weight is 240 g/mol. The minimum atomic E-state index is -1.00. The molecule has 17 heavy (non-hydrogen) atoms. The average Bonchev–Trinajstić information content (AvgIpc) is 2.73. The highest BCUT2D eigenvalue weighted by atomic mass is 19.1. The van der Waals surface area contributed by atoms with Gasteiger partial charge in [0.15, 0.2) is 11.6 Å². The van der Waals surface area contributed by atoms with E-state index in [1.165, 1.54) is 10.9 Å². The number of nitrogens with zero attached hydrogens (tertiary/aromatic N) is 2. The summed E-state index contributed by atoms with van der Waals surface area (Å²) in [4.78, 5) is 0. The van der Waals surface area contributed by atoms with E-state index in [9.17, 15) is 13.9 Å². The summed E-state index contributed by atoms with van der Waals surface area (Å²) < 4.78 is 27.1. The highest BCUT2D eigenvalue weighted by molar-refractivity contribution is 5.46. The van der Waals surface area contributed by atoms with Gasteiger partial charge in [-0.2, -0.15) is 5.10 Å². The molecule has 0 spiro atoms. The van der Waals surface area contributed by atoms with Crippen molar-refractivity contribution in [2.24, 2.45) is 0 Å². The lowest BCUT2D eigenvalue weighted by Crippen LogP contribution is -1.97. The first kappa shape index (κ1) is 13.2. The molecule has 0 saturated heterocycles. The number of aryl methyl sites for hydroxylation is 1. The third kappa shape index (κ3) is 2.81. The van der Waals surface area contributed by atoms with Gasteiger partial charge in [0.25, 0.3) is 0 Å². The molecule has 0 amide bonds. The quantitative estimate of drug-likeness (QED) is 0.831. The molecule has 2 aromatic rings. The summed E-state index contributed by atoms with van der Waals surface area (Å²) in [5.74, 6) is -2.37. The number of benzene rings is 1. The van der Waals surface area contributed by atoms with Gasteiger partial charge in [-0.05, 0) is 12.5 Å². The van der Waals surface area contributed by atoms with Crippen molar-refractivity contribution in [1.82, 2.24) is 9.78 Å². The van der Waals surface area contributed by atoms with Gasteiger partial charge in [0, 0.05) is 18.3 Å². The number of aromatic hydroxyl groups is 1. The van der Waals surface area contributed by atoms with Crippen molar-refractivity contribution >= 4 is 0 Å². The first-order valence-electron chi connectivity index (χ1n) is 5.27. The van der Waals surface area contributed by atoms with Crippen LogP contribution in [0.3, 0.4) is 0 Å². The molecule has 0 unspecified atom stereocenters. The number of rotatable bonds is 1. The fraction of sp³-hybridized carbons (Fsp3) is 0.250. The monoisotopic (exact) mass is 240 g/mol. The van der Waals surface area contributed by atoms with Crippen LogP contribution in [0.2, 0.25) is 0 Å². The summed E-state index contributed by atoms with van der Waals surface area (Å²) in [7, 11) is 0. The second-order valence-electron chi connectivity index (χ2n) is 3.22. The topological polar surface area (TPSA) is 38.0 Å². The molecule has 0 atom stereocenters. The zero-order valence-corrected chi connectivity index (χ0v) is 9.91. The summed E-state index contributed by atoms with van der Waals surface area (Å²) in [5, 5.41) is 13.2. The molecule has 0 saturated carbocycles. The summed E-state index contributed by atoms with van der Waals surface area (Å²) in [5.41, 5.74) is 0.819. The van der Waals surface area contributed by atoms with Crippen molar-refractivity contribution in [2.75, 3.05) is 0 Å². The van der Waals surface area contributed by atoms with Gasteiger partial charge < -0.3 is 5.11 Å². The van der Waals surface area contributed by atoms with Crippen LogP contribution in [-0.4, -0.2) is 14.9 Å². The fourth-order valence-corrected chi connectivity index (χ4v) is 1.27. The first-order valence-corrected chi connectivity index (χ1v) is 5.27. The molecule has 0 bridgehead atoms. The smallest absolute Gasteiger partial charge is 0.177 e. The largest absolute Gasteiger partial charge is 0.503 e. The summed E-state index contributed by atoms with van der Waals surface area (Å²) in [6, 6.07) is 1.64. The predicted octanol–water partition coefficient (Wildman–Crippen LogP) is 3.19. The molecule has 0 radical (unpaired) electrons. The molecule has 3 nitrogen and oxygen atoms in total. The van der Waals surface area contributed by atoms with Crippen molar-refractivity contribution in [1.29, 1.82) is 0 Å². The molecule has 0 aliphatic heterocycles. The van der Waals surface area contributed by atoms with E-state index in [2.05, 4.69) is 5.10 Å². The van der Waals surface area contributed by atoms with Crippen molar-refractivity contribution in [3.63, 3.8) is 0 Å². The number of phenolic OH excluding ortho intramolecular Hbond substituents is 1. The number of hydrogen-bond donors (Lipinski definition) is 1. The van der Waals surface area contributed by atoms with Crippen molar-refractivity contribution in [2.45, 2.75) is 20.8 Å². The van der Waals surface area contributed by atoms with E-state index in [0.29, 0.717) is 6.07 Å². The van der Waals surface area contributed by atoms with Gasteiger partial charge in [0.2, 0.25) is 0 Å². The molecule has 2 rings (SSSR count). The summed E-state index contributed by atoms with van der Waals surface area (Å²) >= 11 is 0. The summed E-state index contributed by atoms with van der Waals surface area (Å²) in [6.45, 7) is 5.79. The standard InChI is InChI=1S/C10H8F2N2O.C2H6/c1-6-4-13-14(5-6)9-3-7(11)2-8(12)10(9)15;1-2/h2-5,15H,1H3;1-2H3. The van der Waals surface area contributed by atoms with Crippen LogP contribution in [0.1, 0.15) is 19.4 Å². The molecule has 0 aliphatic rings. The normalized spacial score (nSPS) is 9.71. The third-order valence-corrected chi connectivity index (χ3v) is 1.97. The molecular formula is C12H14F2N2O. The van der Waals surface area contributed by atoms with Gasteiger partial charge in [0.05, 0.1) is 6.20 Å². The van der Waals surface area contributed by atoms with Gasteiger partial charge in [-0.3, -0.25) is 0 Å². The Hall–Kier alpha value is -1.91. The van der Waals surface area contributed by atoms with Gasteiger partial charge >= 0.3 is 0 Å². The van der Waals surface area contributed by atoms with E-state index in [0.717, 1.165) is 11.6 Å². The maximum Gasteiger partial charge on any atom is 0.177 e. The van der Waals surface area contributed by atoms with Crippen LogP contribution in [0.5, 0.6) is 5.75 Å². The molecule has 1 aromatic heterocycles. The fourth-order valence-electron chi connectivity index (χ4n) is 1.27. The van der Waals surface area contributed by atoms with E-state index < -0.39 is 17.4 Å². The van der Waals surface area contributed by atoms with Crippen molar-refractivity contribution in [3.8, 4) is 11.4 Å². The Bertz CT molecular complexity index is 509. The van der Waals surface area contributed by atoms with Gasteiger partial charge in [-0.1, -0.05) is 13.8 Å². The van der Waals surface area contributed by atoms with Crippen LogP contribution in [0, 0.1) is 18.6 Å². The lowest BCUT2D eigenvalue weighted by molar-refractivity contribution is 0.423. The SMILES string of the molecule is CC.Cc1cnn(-c2cc(F)cc(F)c2O)c1. The zero-order chi connectivity index (χ0) is 13.0. The molecule has 1 aromatic carbocycles. The maximum atomic E-state index is 13.0. The van der Waals surface area contributed by atoms with Crippen LogP contribution in [0.4, 0.5) is 8.78 Å². The van der Waals surface area contributed by atoms with Crippen molar-refractivity contribution < 1.29 is 13.9 Å². The van der Waals surface area contributed by atoms with Crippen LogP contribution in [0.25, 0.3) is 5.69 Å². The number of halogens is 2. The lowest BCUT2D eigenvalue weighted by atomic mass is 10.2. The second kappa shape index (κ2) is 5.43. The zero-order valence-electron chi connectivity index (χ0n) is 9.91. The highest BCUT2D eigenvalue weighted by Crippen LogP contribution is 2.25. The minimum absolute atomic E-state index is 0.0133. The van der Waals surface area contributed by atoms with Crippen LogP contribution in [0.15, 0.2) is 24.5 Å². The molecule has 1 N–H and O–H groups in total. The number of phenols is 1. The van der Waals surface area contributed by atoms with Gasteiger partial charge in [0.1, 0.15) is 11.5 Å². The third-order valence-electron chi connectivity index (χ3n) is 1.97. The molecule has 0 aliphatic carbocycles. The second-order valence-corrected chi connectivity index (χ2v) is 3.22. The molecule has 1 heterocycles. The van der Waals surface area contributed by atoms with Gasteiger partial charge in [-0.15, -0.1) is 0 Å². The Morgan fingerprint density at radius 3 is 2.41 bits per heavy atom. The van der Waals surface area contributed by atoms with Gasteiger partial charge in [-0.25, -0.2) is 13.5 Å². The Morgan fingerprint density at radius 2 is 1.88 bits per heavy atom. The van der Waals surface area contributed by atoms with E-state index >= 15 is 0 Å². The molecule has 92 valence electrons. The van der Waals surface area contributed by atoms with E-state index in [-0.39, 0.29) is 5.69 Å². The van der Waals surface area contributed by atoms with Crippen molar-refractivity contribution in [3.05, 3.63) is 41.7 Å². The molecular weight excluding hydrogens is 226 g/mol.